The summed E-state index contributed by atoms with van der Waals surface area (Å²) in [6.07, 6.45) is 0.758. The third kappa shape index (κ3) is 4.62. The van der Waals surface area contributed by atoms with Crippen molar-refractivity contribution < 1.29 is 19.1 Å². The van der Waals surface area contributed by atoms with Crippen molar-refractivity contribution in [2.24, 2.45) is 5.92 Å². The highest BCUT2D eigenvalue weighted by atomic mass is 16.5. The standard InChI is InChI=1S/C12H22N2O4/c1-9(8-17-2)13-11(15)7-14-5-4-10(6-14)12(16)18-3/h9-10H,4-8H2,1-3H3,(H,13,15). The molecule has 0 aliphatic carbocycles. The molecule has 6 nitrogen and oxygen atoms in total. The Bertz CT molecular complexity index is 296. The predicted molar refractivity (Wildman–Crippen MR) is 66.0 cm³/mol. The number of carbonyl (C=O) groups is 2. The maximum atomic E-state index is 11.7. The second-order valence-corrected chi connectivity index (χ2v) is 4.67. The van der Waals surface area contributed by atoms with Crippen LogP contribution in [0.5, 0.6) is 0 Å². The molecule has 0 aromatic carbocycles. The van der Waals surface area contributed by atoms with E-state index in [1.165, 1.54) is 7.11 Å². The molecule has 0 bridgehead atoms. The molecule has 1 saturated heterocycles. The number of amides is 1. The summed E-state index contributed by atoms with van der Waals surface area (Å²) in [5.74, 6) is -0.324. The first-order valence-corrected chi connectivity index (χ1v) is 6.15. The van der Waals surface area contributed by atoms with Gasteiger partial charge in [0.2, 0.25) is 5.91 Å². The fraction of sp³-hybridized carbons (Fsp3) is 0.833. The topological polar surface area (TPSA) is 67.9 Å². The van der Waals surface area contributed by atoms with Crippen LogP contribution in [-0.4, -0.2) is 63.3 Å². The van der Waals surface area contributed by atoms with Gasteiger partial charge in [-0.1, -0.05) is 0 Å². The number of likely N-dealkylation sites (tertiary alicyclic amines) is 1. The van der Waals surface area contributed by atoms with Crippen LogP contribution in [-0.2, 0) is 19.1 Å². The minimum absolute atomic E-state index is 0.00140. The Hall–Kier alpha value is -1.14. The van der Waals surface area contributed by atoms with Crippen LogP contribution in [0.15, 0.2) is 0 Å². The molecule has 1 amide bonds. The van der Waals surface area contributed by atoms with E-state index in [1.54, 1.807) is 7.11 Å². The largest absolute Gasteiger partial charge is 0.469 e. The molecule has 1 N–H and O–H groups in total. The average molecular weight is 258 g/mol. The van der Waals surface area contributed by atoms with Gasteiger partial charge >= 0.3 is 5.97 Å². The first kappa shape index (κ1) is 14.9. The highest BCUT2D eigenvalue weighted by Gasteiger charge is 2.29. The van der Waals surface area contributed by atoms with Gasteiger partial charge in [-0.15, -0.1) is 0 Å². The zero-order chi connectivity index (χ0) is 13.5. The number of hydrogen-bond donors (Lipinski definition) is 1. The van der Waals surface area contributed by atoms with Crippen LogP contribution in [0.25, 0.3) is 0 Å². The zero-order valence-corrected chi connectivity index (χ0v) is 11.3. The van der Waals surface area contributed by atoms with Gasteiger partial charge in [0.25, 0.3) is 0 Å². The molecule has 0 aromatic heterocycles. The van der Waals surface area contributed by atoms with Crippen molar-refractivity contribution >= 4 is 11.9 Å². The van der Waals surface area contributed by atoms with Crippen molar-refractivity contribution in [1.82, 2.24) is 10.2 Å². The summed E-state index contributed by atoms with van der Waals surface area (Å²) >= 11 is 0. The van der Waals surface area contributed by atoms with Crippen molar-refractivity contribution in [2.75, 3.05) is 40.5 Å². The summed E-state index contributed by atoms with van der Waals surface area (Å²) in [7, 11) is 2.99. The van der Waals surface area contributed by atoms with Crippen molar-refractivity contribution in [3.63, 3.8) is 0 Å². The molecule has 1 aliphatic heterocycles. The maximum absolute atomic E-state index is 11.7. The van der Waals surface area contributed by atoms with Crippen molar-refractivity contribution in [1.29, 1.82) is 0 Å². The molecule has 1 heterocycles. The predicted octanol–water partition coefficient (Wildman–Crippen LogP) is -0.368. The third-order valence-corrected chi connectivity index (χ3v) is 3.00. The second-order valence-electron chi connectivity index (χ2n) is 4.67. The Morgan fingerprint density at radius 1 is 1.44 bits per heavy atom. The maximum Gasteiger partial charge on any atom is 0.310 e. The number of rotatable bonds is 6. The zero-order valence-electron chi connectivity index (χ0n) is 11.3. The van der Waals surface area contributed by atoms with Gasteiger partial charge in [0, 0.05) is 19.7 Å². The van der Waals surface area contributed by atoms with E-state index >= 15 is 0 Å². The highest BCUT2D eigenvalue weighted by molar-refractivity contribution is 5.78. The van der Waals surface area contributed by atoms with Crippen LogP contribution in [0.2, 0.25) is 0 Å². The van der Waals surface area contributed by atoms with Crippen LogP contribution in [0.1, 0.15) is 13.3 Å². The molecule has 1 aliphatic rings. The van der Waals surface area contributed by atoms with Gasteiger partial charge in [-0.25, -0.2) is 0 Å². The lowest BCUT2D eigenvalue weighted by molar-refractivity contribution is -0.145. The first-order chi connectivity index (χ1) is 8.56. The van der Waals surface area contributed by atoms with Crippen LogP contribution in [0.4, 0.5) is 0 Å². The lowest BCUT2D eigenvalue weighted by Crippen LogP contribution is -2.42. The SMILES string of the molecule is COCC(C)NC(=O)CN1CCC(C(=O)OC)C1. The lowest BCUT2D eigenvalue weighted by Gasteiger charge is -2.17. The molecule has 1 rings (SSSR count). The number of esters is 1. The summed E-state index contributed by atoms with van der Waals surface area (Å²) in [5, 5.41) is 2.84. The molecule has 6 heteroatoms. The Labute approximate surface area is 108 Å². The summed E-state index contributed by atoms with van der Waals surface area (Å²) in [6.45, 7) is 4.06. The summed E-state index contributed by atoms with van der Waals surface area (Å²) in [4.78, 5) is 25.0. The number of carbonyl (C=O) groups excluding carboxylic acids is 2. The summed E-state index contributed by atoms with van der Waals surface area (Å²) in [6, 6.07) is 0.00140. The van der Waals surface area contributed by atoms with Crippen LogP contribution >= 0.6 is 0 Å². The fourth-order valence-corrected chi connectivity index (χ4v) is 2.15. The normalized spacial score (nSPS) is 21.6. The summed E-state index contributed by atoms with van der Waals surface area (Å²) < 4.78 is 9.65. The van der Waals surface area contributed by atoms with Gasteiger partial charge < -0.3 is 14.8 Å². The first-order valence-electron chi connectivity index (χ1n) is 6.15. The molecule has 2 unspecified atom stereocenters. The van der Waals surface area contributed by atoms with Gasteiger partial charge in [-0.2, -0.15) is 0 Å². The molecule has 0 aromatic rings. The number of methoxy groups -OCH3 is 2. The minimum Gasteiger partial charge on any atom is -0.469 e. The van der Waals surface area contributed by atoms with Gasteiger partial charge in [0.05, 0.1) is 26.2 Å². The second kappa shape index (κ2) is 7.33. The Balaban J connectivity index is 2.28. The van der Waals surface area contributed by atoms with E-state index in [4.69, 9.17) is 9.47 Å². The van der Waals surface area contributed by atoms with Crippen molar-refractivity contribution in [3.05, 3.63) is 0 Å². The molecule has 1 fully saturated rings. The van der Waals surface area contributed by atoms with Crippen molar-refractivity contribution in [2.45, 2.75) is 19.4 Å². The number of nitrogens with one attached hydrogen (secondary N) is 1. The van der Waals surface area contributed by atoms with E-state index in [1.807, 2.05) is 11.8 Å². The number of ether oxygens (including phenoxy) is 2. The number of hydrogen-bond acceptors (Lipinski definition) is 5. The monoisotopic (exact) mass is 258 g/mol. The molecule has 0 spiro atoms. The Morgan fingerprint density at radius 2 is 2.17 bits per heavy atom. The van der Waals surface area contributed by atoms with Gasteiger partial charge in [-0.05, 0) is 19.9 Å². The molecule has 0 saturated carbocycles. The molecule has 2 atom stereocenters. The van der Waals surface area contributed by atoms with Gasteiger partial charge in [-0.3, -0.25) is 14.5 Å². The average Bonchev–Trinajstić information content (AvgIpc) is 2.76. The minimum atomic E-state index is -0.189. The van der Waals surface area contributed by atoms with E-state index in [0.717, 1.165) is 13.0 Å². The van der Waals surface area contributed by atoms with Crippen LogP contribution in [0, 0.1) is 5.92 Å². The molecular weight excluding hydrogens is 236 g/mol. The fourth-order valence-electron chi connectivity index (χ4n) is 2.15. The molecule has 104 valence electrons. The number of nitrogens with zero attached hydrogens (tertiary/aromatic N) is 1. The quantitative estimate of drug-likeness (QED) is 0.659. The molecular formula is C12H22N2O4. The Morgan fingerprint density at radius 3 is 2.78 bits per heavy atom. The van der Waals surface area contributed by atoms with Crippen molar-refractivity contribution in [3.8, 4) is 0 Å². The summed E-state index contributed by atoms with van der Waals surface area (Å²) in [5.41, 5.74) is 0. The highest BCUT2D eigenvalue weighted by Crippen LogP contribution is 2.16. The van der Waals surface area contributed by atoms with E-state index in [2.05, 4.69) is 5.32 Å². The van der Waals surface area contributed by atoms with E-state index in [-0.39, 0.29) is 23.8 Å². The van der Waals surface area contributed by atoms with E-state index in [9.17, 15) is 9.59 Å². The Kier molecular flexibility index (Phi) is 6.07. The van der Waals surface area contributed by atoms with E-state index in [0.29, 0.717) is 19.7 Å². The molecule has 0 radical (unpaired) electrons. The van der Waals surface area contributed by atoms with Gasteiger partial charge in [0.15, 0.2) is 0 Å². The third-order valence-electron chi connectivity index (χ3n) is 3.00. The lowest BCUT2D eigenvalue weighted by atomic mass is 10.1. The van der Waals surface area contributed by atoms with Crippen LogP contribution < -0.4 is 5.32 Å². The van der Waals surface area contributed by atoms with E-state index < -0.39 is 0 Å². The molecule has 18 heavy (non-hydrogen) atoms. The smallest absolute Gasteiger partial charge is 0.310 e. The van der Waals surface area contributed by atoms with Gasteiger partial charge in [0.1, 0.15) is 0 Å². The van der Waals surface area contributed by atoms with Crippen LogP contribution in [0.3, 0.4) is 0 Å².